The molecule has 0 saturated heterocycles. The Bertz CT molecular complexity index is 542. The van der Waals surface area contributed by atoms with Gasteiger partial charge in [-0.05, 0) is 6.07 Å². The van der Waals surface area contributed by atoms with Crippen molar-refractivity contribution in [1.82, 2.24) is 9.97 Å². The number of anilines is 1. The molecule has 0 unspecified atom stereocenters. The number of benzene rings is 1. The molecule has 0 aliphatic rings. The third-order valence-corrected chi connectivity index (χ3v) is 2.08. The van der Waals surface area contributed by atoms with Gasteiger partial charge in [0.05, 0.1) is 10.5 Å². The van der Waals surface area contributed by atoms with Gasteiger partial charge >= 0.3 is 0 Å². The first kappa shape index (κ1) is 10.0. The van der Waals surface area contributed by atoms with E-state index in [4.69, 9.17) is 5.73 Å². The number of aromatic nitrogens is 2. The highest BCUT2D eigenvalue weighted by molar-refractivity contribution is 5.77. The zero-order valence-corrected chi connectivity index (χ0v) is 8.20. The third kappa shape index (κ3) is 1.68. The molecule has 0 amide bonds. The SMILES string of the molecule is Nc1nccnc1-c1ccccc1[N+](=O)[O-]. The maximum atomic E-state index is 10.8. The predicted octanol–water partition coefficient (Wildman–Crippen LogP) is 1.63. The van der Waals surface area contributed by atoms with Crippen LogP contribution in [0.4, 0.5) is 11.5 Å². The standard InChI is InChI=1S/C10H8N4O2/c11-10-9(12-5-6-13-10)7-3-1-2-4-8(7)14(15)16/h1-6H,(H2,11,13). The summed E-state index contributed by atoms with van der Waals surface area (Å²) in [4.78, 5) is 18.2. The van der Waals surface area contributed by atoms with Crippen molar-refractivity contribution < 1.29 is 4.92 Å². The van der Waals surface area contributed by atoms with E-state index in [-0.39, 0.29) is 11.5 Å². The molecule has 6 nitrogen and oxygen atoms in total. The molecule has 0 saturated carbocycles. The minimum atomic E-state index is -0.469. The van der Waals surface area contributed by atoms with Crippen molar-refractivity contribution >= 4 is 11.5 Å². The first-order chi connectivity index (χ1) is 7.70. The van der Waals surface area contributed by atoms with Gasteiger partial charge in [-0.25, -0.2) is 4.98 Å². The summed E-state index contributed by atoms with van der Waals surface area (Å²) in [6.07, 6.45) is 2.88. The summed E-state index contributed by atoms with van der Waals surface area (Å²) < 4.78 is 0. The maximum Gasteiger partial charge on any atom is 0.278 e. The predicted molar refractivity (Wildman–Crippen MR) is 58.5 cm³/mol. The molecule has 0 fully saturated rings. The molecule has 2 aromatic rings. The van der Waals surface area contributed by atoms with E-state index in [0.717, 1.165) is 0 Å². The van der Waals surface area contributed by atoms with Gasteiger partial charge in [0.15, 0.2) is 0 Å². The third-order valence-electron chi connectivity index (χ3n) is 2.08. The summed E-state index contributed by atoms with van der Waals surface area (Å²) in [5, 5.41) is 10.8. The van der Waals surface area contributed by atoms with Crippen LogP contribution in [-0.2, 0) is 0 Å². The number of nitrogens with zero attached hydrogens (tertiary/aromatic N) is 3. The van der Waals surface area contributed by atoms with Crippen molar-refractivity contribution in [2.75, 3.05) is 5.73 Å². The number of hydrogen-bond donors (Lipinski definition) is 1. The monoisotopic (exact) mass is 216 g/mol. The Morgan fingerprint density at radius 2 is 1.88 bits per heavy atom. The second kappa shape index (κ2) is 3.93. The van der Waals surface area contributed by atoms with Crippen molar-refractivity contribution in [2.24, 2.45) is 0 Å². The second-order valence-corrected chi connectivity index (χ2v) is 3.06. The average Bonchev–Trinajstić information content (AvgIpc) is 2.29. The molecular formula is C10H8N4O2. The lowest BCUT2D eigenvalue weighted by molar-refractivity contribution is -0.384. The van der Waals surface area contributed by atoms with Crippen LogP contribution in [0, 0.1) is 10.1 Å². The van der Waals surface area contributed by atoms with Crippen LogP contribution >= 0.6 is 0 Å². The van der Waals surface area contributed by atoms with E-state index in [1.54, 1.807) is 18.2 Å². The Labute approximate surface area is 90.9 Å². The van der Waals surface area contributed by atoms with E-state index >= 15 is 0 Å². The van der Waals surface area contributed by atoms with E-state index in [0.29, 0.717) is 11.3 Å². The smallest absolute Gasteiger partial charge is 0.278 e. The second-order valence-electron chi connectivity index (χ2n) is 3.06. The minimum absolute atomic E-state index is 0.0327. The molecule has 0 bridgehead atoms. The lowest BCUT2D eigenvalue weighted by atomic mass is 10.1. The Kier molecular flexibility index (Phi) is 2.47. The van der Waals surface area contributed by atoms with Crippen LogP contribution in [0.5, 0.6) is 0 Å². The van der Waals surface area contributed by atoms with Gasteiger partial charge in [-0.2, -0.15) is 0 Å². The van der Waals surface area contributed by atoms with Crippen LogP contribution < -0.4 is 5.73 Å². The van der Waals surface area contributed by atoms with Gasteiger partial charge in [-0.1, -0.05) is 12.1 Å². The van der Waals surface area contributed by atoms with Crippen molar-refractivity contribution in [3.8, 4) is 11.3 Å². The highest BCUT2D eigenvalue weighted by Crippen LogP contribution is 2.30. The van der Waals surface area contributed by atoms with Gasteiger partial charge in [0.2, 0.25) is 0 Å². The van der Waals surface area contributed by atoms with Crippen LogP contribution in [0.3, 0.4) is 0 Å². The summed E-state index contributed by atoms with van der Waals surface area (Å²) in [7, 11) is 0. The summed E-state index contributed by atoms with van der Waals surface area (Å²) in [5.41, 5.74) is 6.29. The van der Waals surface area contributed by atoms with Crippen LogP contribution in [0.15, 0.2) is 36.7 Å². The van der Waals surface area contributed by atoms with Gasteiger partial charge in [0.1, 0.15) is 11.5 Å². The van der Waals surface area contributed by atoms with Crippen LogP contribution in [-0.4, -0.2) is 14.9 Å². The lowest BCUT2D eigenvalue weighted by Crippen LogP contribution is -1.98. The van der Waals surface area contributed by atoms with Crippen molar-refractivity contribution in [2.45, 2.75) is 0 Å². The van der Waals surface area contributed by atoms with Crippen molar-refractivity contribution in [1.29, 1.82) is 0 Å². The number of para-hydroxylation sites is 1. The molecule has 0 radical (unpaired) electrons. The number of nitro groups is 1. The molecule has 1 heterocycles. The van der Waals surface area contributed by atoms with E-state index in [1.807, 2.05) is 0 Å². The molecule has 6 heteroatoms. The van der Waals surface area contributed by atoms with Crippen LogP contribution in [0.2, 0.25) is 0 Å². The number of nitrogens with two attached hydrogens (primary N) is 1. The highest BCUT2D eigenvalue weighted by atomic mass is 16.6. The Hall–Kier alpha value is -2.50. The largest absolute Gasteiger partial charge is 0.382 e. The van der Waals surface area contributed by atoms with Gasteiger partial charge in [0.25, 0.3) is 5.69 Å². The van der Waals surface area contributed by atoms with Crippen molar-refractivity contribution in [3.63, 3.8) is 0 Å². The first-order valence-corrected chi connectivity index (χ1v) is 4.50. The highest BCUT2D eigenvalue weighted by Gasteiger charge is 2.17. The Morgan fingerprint density at radius 1 is 1.19 bits per heavy atom. The van der Waals surface area contributed by atoms with Crippen molar-refractivity contribution in [3.05, 3.63) is 46.8 Å². The zero-order valence-electron chi connectivity index (χ0n) is 8.20. The fourth-order valence-electron chi connectivity index (χ4n) is 1.39. The Balaban J connectivity index is 2.65. The van der Waals surface area contributed by atoms with Gasteiger partial charge in [-0.15, -0.1) is 0 Å². The maximum absolute atomic E-state index is 10.8. The molecule has 1 aromatic carbocycles. The van der Waals surface area contributed by atoms with E-state index < -0.39 is 4.92 Å². The topological polar surface area (TPSA) is 94.9 Å². The minimum Gasteiger partial charge on any atom is -0.382 e. The zero-order chi connectivity index (χ0) is 11.5. The summed E-state index contributed by atoms with van der Waals surface area (Å²) in [5.74, 6) is 0.178. The molecule has 0 atom stereocenters. The molecule has 0 aliphatic heterocycles. The summed E-state index contributed by atoms with van der Waals surface area (Å²) in [6.45, 7) is 0. The van der Waals surface area contributed by atoms with E-state index in [2.05, 4.69) is 9.97 Å². The molecule has 2 rings (SSSR count). The number of nitrogen functional groups attached to an aromatic ring is 1. The number of nitro benzene ring substituents is 1. The van der Waals surface area contributed by atoms with Gasteiger partial charge < -0.3 is 5.73 Å². The Morgan fingerprint density at radius 3 is 2.56 bits per heavy atom. The fraction of sp³-hybridized carbons (Fsp3) is 0. The van der Waals surface area contributed by atoms with E-state index in [9.17, 15) is 10.1 Å². The lowest BCUT2D eigenvalue weighted by Gasteiger charge is -2.03. The molecule has 80 valence electrons. The van der Waals surface area contributed by atoms with E-state index in [1.165, 1.54) is 18.5 Å². The number of hydrogen-bond acceptors (Lipinski definition) is 5. The molecule has 1 aromatic heterocycles. The summed E-state index contributed by atoms with van der Waals surface area (Å²) in [6, 6.07) is 6.28. The molecule has 2 N–H and O–H groups in total. The van der Waals surface area contributed by atoms with Gasteiger partial charge in [0, 0.05) is 18.5 Å². The first-order valence-electron chi connectivity index (χ1n) is 4.50. The normalized spacial score (nSPS) is 10.0. The molecule has 16 heavy (non-hydrogen) atoms. The number of rotatable bonds is 2. The summed E-state index contributed by atoms with van der Waals surface area (Å²) >= 11 is 0. The fourth-order valence-corrected chi connectivity index (χ4v) is 1.39. The average molecular weight is 216 g/mol. The van der Waals surface area contributed by atoms with Gasteiger partial charge in [-0.3, -0.25) is 15.1 Å². The molecular weight excluding hydrogens is 208 g/mol. The quantitative estimate of drug-likeness (QED) is 0.608. The van der Waals surface area contributed by atoms with Crippen LogP contribution in [0.25, 0.3) is 11.3 Å². The molecule has 0 aliphatic carbocycles. The molecule has 0 spiro atoms. The van der Waals surface area contributed by atoms with Crippen LogP contribution in [0.1, 0.15) is 0 Å².